The van der Waals surface area contributed by atoms with Crippen LogP contribution in [0.15, 0.2) is 131 Å². The van der Waals surface area contributed by atoms with Crippen LogP contribution in [0, 0.1) is 0 Å². The van der Waals surface area contributed by atoms with Crippen LogP contribution in [0.4, 0.5) is 0 Å². The fourth-order valence-corrected chi connectivity index (χ4v) is 4.33. The molecular weight excluding hydrogens is 472 g/mol. The Hall–Kier alpha value is -3.80. The Morgan fingerprint density at radius 1 is 0.514 bits per heavy atom. The summed E-state index contributed by atoms with van der Waals surface area (Å²) in [6, 6.07) is 34.2. The van der Waals surface area contributed by atoms with Crippen LogP contribution in [0.25, 0.3) is 12.2 Å². The highest BCUT2D eigenvalue weighted by atomic mass is 32.2. The fraction of sp³-hybridized carbons (Fsp3) is 0. The van der Waals surface area contributed by atoms with Crippen LogP contribution >= 0.6 is 23.5 Å². The van der Waals surface area contributed by atoms with E-state index in [1.807, 2.05) is 121 Å². The van der Waals surface area contributed by atoms with Crippen molar-refractivity contribution in [1.82, 2.24) is 0 Å². The van der Waals surface area contributed by atoms with E-state index in [1.165, 1.54) is 23.5 Å². The van der Waals surface area contributed by atoms with Gasteiger partial charge in [0, 0.05) is 9.79 Å². The highest BCUT2D eigenvalue weighted by Gasteiger charge is 2.05. The Morgan fingerprint density at radius 2 is 0.886 bits per heavy atom. The van der Waals surface area contributed by atoms with Gasteiger partial charge in [0.25, 0.3) is 0 Å². The van der Waals surface area contributed by atoms with Crippen LogP contribution < -0.4 is 4.74 Å². The van der Waals surface area contributed by atoms with Gasteiger partial charge in [0.05, 0.1) is 0 Å². The van der Waals surface area contributed by atoms with E-state index in [9.17, 15) is 9.59 Å². The summed E-state index contributed by atoms with van der Waals surface area (Å²) in [7, 11) is 0. The van der Waals surface area contributed by atoms with Crippen molar-refractivity contribution in [2.75, 3.05) is 0 Å². The monoisotopic (exact) mass is 494 g/mol. The van der Waals surface area contributed by atoms with Crippen LogP contribution in [0.2, 0.25) is 0 Å². The number of carbonyl (C=O) groups excluding carboxylic acids is 2. The zero-order valence-corrected chi connectivity index (χ0v) is 20.4. The number of carbonyl (C=O) groups is 2. The molecule has 0 atom stereocenters. The number of benzene rings is 4. The second kappa shape index (κ2) is 12.6. The first-order chi connectivity index (χ1) is 17.1. The molecule has 0 aliphatic heterocycles. The van der Waals surface area contributed by atoms with Crippen molar-refractivity contribution in [3.8, 4) is 11.5 Å². The van der Waals surface area contributed by atoms with Gasteiger partial charge in [-0.3, -0.25) is 9.59 Å². The second-order valence-electron chi connectivity index (χ2n) is 7.38. The van der Waals surface area contributed by atoms with E-state index in [-0.39, 0.29) is 10.2 Å². The Morgan fingerprint density at radius 3 is 1.26 bits per heavy atom. The third-order valence-corrected chi connectivity index (χ3v) is 6.43. The van der Waals surface area contributed by atoms with E-state index in [2.05, 4.69) is 0 Å². The van der Waals surface area contributed by atoms with Crippen molar-refractivity contribution in [2.45, 2.75) is 9.79 Å². The molecule has 0 heterocycles. The zero-order valence-electron chi connectivity index (χ0n) is 18.7. The lowest BCUT2D eigenvalue weighted by Gasteiger charge is -2.07. The summed E-state index contributed by atoms with van der Waals surface area (Å²) in [5.41, 5.74) is 1.98. The maximum absolute atomic E-state index is 12.2. The molecule has 0 aliphatic rings. The van der Waals surface area contributed by atoms with Gasteiger partial charge in [-0.1, -0.05) is 72.8 Å². The Kier molecular flexibility index (Phi) is 8.76. The number of thioether (sulfide) groups is 2. The van der Waals surface area contributed by atoms with Gasteiger partial charge in [-0.05, 0) is 95.3 Å². The smallest absolute Gasteiger partial charge is 0.216 e. The first kappa shape index (κ1) is 24.3. The first-order valence-electron chi connectivity index (χ1n) is 10.9. The minimum Gasteiger partial charge on any atom is -0.457 e. The quantitative estimate of drug-likeness (QED) is 0.183. The summed E-state index contributed by atoms with van der Waals surface area (Å²) in [6.45, 7) is 0. The number of hydrogen-bond acceptors (Lipinski definition) is 5. The maximum atomic E-state index is 12.2. The van der Waals surface area contributed by atoms with E-state index in [0.29, 0.717) is 11.5 Å². The summed E-state index contributed by atoms with van der Waals surface area (Å²) in [6.07, 6.45) is 6.77. The van der Waals surface area contributed by atoms with E-state index < -0.39 is 0 Å². The second-order valence-corrected chi connectivity index (χ2v) is 9.53. The molecule has 172 valence electrons. The summed E-state index contributed by atoms with van der Waals surface area (Å²) >= 11 is 2.33. The molecule has 0 unspecified atom stereocenters. The predicted molar refractivity (Wildman–Crippen MR) is 146 cm³/mol. The summed E-state index contributed by atoms with van der Waals surface area (Å²) in [5.74, 6) is 1.34. The molecule has 35 heavy (non-hydrogen) atoms. The Labute approximate surface area is 213 Å². The van der Waals surface area contributed by atoms with E-state index >= 15 is 0 Å². The van der Waals surface area contributed by atoms with Crippen LogP contribution in [-0.2, 0) is 9.59 Å². The molecule has 0 bridgehead atoms. The van der Waals surface area contributed by atoms with Crippen molar-refractivity contribution in [3.63, 3.8) is 0 Å². The standard InChI is InChI=1S/C30H22O3S2/c31-29(21-11-23-7-3-1-4-8-23)34-27-17-13-25(14-18-27)33-26-15-19-28(20-16-26)35-30(32)22-12-24-9-5-2-6-10-24/h1-22H. The molecule has 0 spiro atoms. The molecule has 4 aromatic carbocycles. The molecule has 0 aliphatic carbocycles. The van der Waals surface area contributed by atoms with Gasteiger partial charge in [-0.15, -0.1) is 0 Å². The van der Waals surface area contributed by atoms with Crippen molar-refractivity contribution in [1.29, 1.82) is 0 Å². The average Bonchev–Trinajstić information content (AvgIpc) is 2.90. The SMILES string of the molecule is O=C(C=Cc1ccccc1)Sc1ccc(Oc2ccc(SC(=O)C=Cc3ccccc3)cc2)cc1. The van der Waals surface area contributed by atoms with Gasteiger partial charge in [-0.2, -0.15) is 0 Å². The molecule has 0 saturated carbocycles. The number of hydrogen-bond donors (Lipinski definition) is 0. The van der Waals surface area contributed by atoms with E-state index in [0.717, 1.165) is 20.9 Å². The normalized spacial score (nSPS) is 11.1. The van der Waals surface area contributed by atoms with Crippen LogP contribution in [0.3, 0.4) is 0 Å². The third kappa shape index (κ3) is 8.18. The highest BCUT2D eigenvalue weighted by Crippen LogP contribution is 2.28. The van der Waals surface area contributed by atoms with Crippen molar-refractivity contribution in [2.24, 2.45) is 0 Å². The predicted octanol–water partition coefficient (Wildman–Crippen LogP) is 8.14. The molecule has 0 N–H and O–H groups in total. The molecule has 4 aromatic rings. The molecule has 3 nitrogen and oxygen atoms in total. The molecule has 0 saturated heterocycles. The topological polar surface area (TPSA) is 43.4 Å². The van der Waals surface area contributed by atoms with Crippen molar-refractivity contribution in [3.05, 3.63) is 132 Å². The molecule has 5 heteroatoms. The third-order valence-electron chi connectivity index (χ3n) is 4.74. The lowest BCUT2D eigenvalue weighted by atomic mass is 10.2. The lowest BCUT2D eigenvalue weighted by Crippen LogP contribution is -1.88. The molecular formula is C30H22O3S2. The minimum atomic E-state index is -0.0382. The minimum absolute atomic E-state index is 0.0382. The van der Waals surface area contributed by atoms with Gasteiger partial charge < -0.3 is 4.74 Å². The average molecular weight is 495 g/mol. The molecule has 0 amide bonds. The van der Waals surface area contributed by atoms with Gasteiger partial charge in [0.15, 0.2) is 0 Å². The largest absolute Gasteiger partial charge is 0.457 e. The Balaban J connectivity index is 1.27. The summed E-state index contributed by atoms with van der Waals surface area (Å²) < 4.78 is 5.89. The summed E-state index contributed by atoms with van der Waals surface area (Å²) in [4.78, 5) is 26.1. The maximum Gasteiger partial charge on any atom is 0.216 e. The molecule has 4 rings (SSSR count). The molecule has 0 fully saturated rings. The van der Waals surface area contributed by atoms with Gasteiger partial charge in [0.2, 0.25) is 10.2 Å². The Bertz CT molecular complexity index is 1210. The van der Waals surface area contributed by atoms with Crippen LogP contribution in [-0.4, -0.2) is 10.2 Å². The molecule has 0 radical (unpaired) electrons. The van der Waals surface area contributed by atoms with Crippen molar-refractivity contribution >= 4 is 45.9 Å². The zero-order chi connectivity index (χ0) is 24.3. The van der Waals surface area contributed by atoms with E-state index in [4.69, 9.17) is 4.74 Å². The first-order valence-corrected chi connectivity index (χ1v) is 12.6. The lowest BCUT2D eigenvalue weighted by molar-refractivity contribution is -0.107. The van der Waals surface area contributed by atoms with Gasteiger partial charge in [-0.25, -0.2) is 0 Å². The van der Waals surface area contributed by atoms with Crippen LogP contribution in [0.1, 0.15) is 11.1 Å². The molecule has 0 aromatic heterocycles. The van der Waals surface area contributed by atoms with Gasteiger partial charge in [0.1, 0.15) is 11.5 Å². The fourth-order valence-electron chi connectivity index (χ4n) is 3.04. The number of ether oxygens (including phenoxy) is 1. The summed E-state index contributed by atoms with van der Waals surface area (Å²) in [5, 5.41) is -0.0764. The van der Waals surface area contributed by atoms with Crippen molar-refractivity contribution < 1.29 is 14.3 Å². The van der Waals surface area contributed by atoms with E-state index in [1.54, 1.807) is 12.2 Å². The van der Waals surface area contributed by atoms with Gasteiger partial charge >= 0.3 is 0 Å². The number of rotatable bonds is 8. The highest BCUT2D eigenvalue weighted by molar-refractivity contribution is 8.14. The van der Waals surface area contributed by atoms with Crippen LogP contribution in [0.5, 0.6) is 11.5 Å².